The number of hydrogen-bond donors (Lipinski definition) is 2. The molecule has 90 valence electrons. The second-order valence-corrected chi connectivity index (χ2v) is 5.12. The van der Waals surface area contributed by atoms with Crippen molar-refractivity contribution in [2.75, 3.05) is 0 Å². The van der Waals surface area contributed by atoms with E-state index in [0.717, 1.165) is 0 Å². The minimum atomic E-state index is -0.0631. The summed E-state index contributed by atoms with van der Waals surface area (Å²) in [5.41, 5.74) is 1.10. The number of benzene rings is 1. The van der Waals surface area contributed by atoms with Gasteiger partial charge in [-0.05, 0) is 35.1 Å². The predicted molar refractivity (Wildman–Crippen MR) is 69.1 cm³/mol. The molecule has 1 atom stereocenters. The van der Waals surface area contributed by atoms with Crippen molar-refractivity contribution in [2.45, 2.75) is 25.7 Å². The molecule has 0 saturated heterocycles. The Morgan fingerprint density at radius 2 is 1.76 bits per heavy atom. The van der Waals surface area contributed by atoms with E-state index in [1.54, 1.807) is 18.2 Å². The summed E-state index contributed by atoms with van der Waals surface area (Å²) in [6.45, 7) is 4.32. The standard InChI is InChI=1S/C15H18O2/c1-15(2,11-6-8-13(16)9-7-11)12-4-3-5-14(17)10-12/h3-9,12,16-17H,10H2,1-2H3. The molecule has 2 heteroatoms. The molecule has 0 radical (unpaired) electrons. The minimum absolute atomic E-state index is 0.0631. The first-order chi connectivity index (χ1) is 8.00. The largest absolute Gasteiger partial charge is 0.512 e. The second kappa shape index (κ2) is 4.28. The van der Waals surface area contributed by atoms with E-state index >= 15 is 0 Å². The Bertz CT molecular complexity index is 452. The average Bonchev–Trinajstić information content (AvgIpc) is 2.29. The first kappa shape index (κ1) is 11.8. The van der Waals surface area contributed by atoms with Gasteiger partial charge in [0.2, 0.25) is 0 Å². The van der Waals surface area contributed by atoms with E-state index in [4.69, 9.17) is 0 Å². The van der Waals surface area contributed by atoms with Gasteiger partial charge in [0.1, 0.15) is 5.75 Å². The van der Waals surface area contributed by atoms with Crippen LogP contribution in [0.4, 0.5) is 0 Å². The number of rotatable bonds is 2. The molecule has 0 aliphatic heterocycles. The molecule has 1 aromatic rings. The monoisotopic (exact) mass is 230 g/mol. The molecule has 0 saturated carbocycles. The van der Waals surface area contributed by atoms with E-state index in [2.05, 4.69) is 19.9 Å². The Hall–Kier alpha value is -1.70. The lowest BCUT2D eigenvalue weighted by Crippen LogP contribution is -2.28. The summed E-state index contributed by atoms with van der Waals surface area (Å²) in [7, 11) is 0. The lowest BCUT2D eigenvalue weighted by molar-refractivity contribution is 0.305. The third-order valence-electron chi connectivity index (χ3n) is 3.60. The number of allylic oxidation sites excluding steroid dienone is 4. The Morgan fingerprint density at radius 1 is 1.12 bits per heavy atom. The van der Waals surface area contributed by atoms with Crippen molar-refractivity contribution in [3.8, 4) is 5.75 Å². The van der Waals surface area contributed by atoms with Gasteiger partial charge in [-0.2, -0.15) is 0 Å². The van der Waals surface area contributed by atoms with Crippen molar-refractivity contribution in [2.24, 2.45) is 5.92 Å². The summed E-state index contributed by atoms with van der Waals surface area (Å²) in [5.74, 6) is 0.993. The molecule has 2 nitrogen and oxygen atoms in total. The van der Waals surface area contributed by atoms with Gasteiger partial charge in [-0.1, -0.05) is 38.1 Å². The zero-order valence-corrected chi connectivity index (χ0v) is 10.2. The van der Waals surface area contributed by atoms with E-state index < -0.39 is 0 Å². The summed E-state index contributed by atoms with van der Waals surface area (Å²) >= 11 is 0. The normalized spacial score (nSPS) is 20.1. The molecule has 0 spiro atoms. The van der Waals surface area contributed by atoms with Gasteiger partial charge in [0.05, 0.1) is 5.76 Å². The van der Waals surface area contributed by atoms with Crippen LogP contribution in [0.1, 0.15) is 25.8 Å². The SMILES string of the molecule is CC(C)(c1ccc(O)cc1)C1C=CC=C(O)C1. The van der Waals surface area contributed by atoms with Crippen molar-refractivity contribution in [3.05, 3.63) is 53.8 Å². The van der Waals surface area contributed by atoms with Gasteiger partial charge in [-0.3, -0.25) is 0 Å². The molecule has 2 N–H and O–H groups in total. The molecule has 2 rings (SSSR count). The van der Waals surface area contributed by atoms with Gasteiger partial charge in [-0.15, -0.1) is 0 Å². The molecule has 0 amide bonds. The zero-order valence-electron chi connectivity index (χ0n) is 10.2. The molecule has 17 heavy (non-hydrogen) atoms. The first-order valence-corrected chi connectivity index (χ1v) is 5.86. The van der Waals surface area contributed by atoms with E-state index in [1.165, 1.54) is 5.56 Å². The van der Waals surface area contributed by atoms with E-state index in [-0.39, 0.29) is 17.1 Å². The molecule has 0 heterocycles. The third-order valence-corrected chi connectivity index (χ3v) is 3.60. The predicted octanol–water partition coefficient (Wildman–Crippen LogP) is 3.69. The maximum atomic E-state index is 9.60. The van der Waals surface area contributed by atoms with E-state index in [0.29, 0.717) is 12.2 Å². The molecule has 1 unspecified atom stereocenters. The lowest BCUT2D eigenvalue weighted by Gasteiger charge is -2.34. The first-order valence-electron chi connectivity index (χ1n) is 5.86. The molecule has 1 aliphatic carbocycles. The number of aliphatic hydroxyl groups excluding tert-OH is 1. The van der Waals surface area contributed by atoms with Crippen molar-refractivity contribution >= 4 is 0 Å². The zero-order chi connectivity index (χ0) is 12.5. The fourth-order valence-corrected chi connectivity index (χ4v) is 2.26. The molecule has 1 aliphatic rings. The number of phenols is 1. The van der Waals surface area contributed by atoms with Crippen LogP contribution in [-0.4, -0.2) is 10.2 Å². The highest BCUT2D eigenvalue weighted by Gasteiger charge is 2.31. The highest BCUT2D eigenvalue weighted by atomic mass is 16.3. The highest BCUT2D eigenvalue weighted by molar-refractivity contribution is 5.33. The van der Waals surface area contributed by atoms with Crippen LogP contribution in [-0.2, 0) is 5.41 Å². The molecule has 1 aromatic carbocycles. The summed E-state index contributed by atoms with van der Waals surface area (Å²) in [6.07, 6.45) is 6.45. The van der Waals surface area contributed by atoms with Crippen LogP contribution in [0.15, 0.2) is 48.3 Å². The highest BCUT2D eigenvalue weighted by Crippen LogP contribution is 2.38. The van der Waals surface area contributed by atoms with Crippen LogP contribution < -0.4 is 0 Å². The van der Waals surface area contributed by atoms with Crippen LogP contribution in [0.3, 0.4) is 0 Å². The molecule has 0 fully saturated rings. The number of hydrogen-bond acceptors (Lipinski definition) is 2. The summed E-state index contributed by atoms with van der Waals surface area (Å²) in [4.78, 5) is 0. The molecule has 0 bridgehead atoms. The summed E-state index contributed by atoms with van der Waals surface area (Å²) in [5, 5.41) is 18.9. The van der Waals surface area contributed by atoms with Crippen molar-refractivity contribution in [3.63, 3.8) is 0 Å². The average molecular weight is 230 g/mol. The van der Waals surface area contributed by atoms with Crippen molar-refractivity contribution in [1.82, 2.24) is 0 Å². The Labute approximate surface area is 102 Å². The summed E-state index contributed by atoms with van der Waals surface area (Å²) in [6, 6.07) is 7.30. The van der Waals surface area contributed by atoms with E-state index in [9.17, 15) is 10.2 Å². The van der Waals surface area contributed by atoms with Crippen LogP contribution in [0.5, 0.6) is 5.75 Å². The van der Waals surface area contributed by atoms with Crippen LogP contribution in [0.2, 0.25) is 0 Å². The van der Waals surface area contributed by atoms with Crippen LogP contribution in [0.25, 0.3) is 0 Å². The smallest absolute Gasteiger partial charge is 0.115 e. The Morgan fingerprint density at radius 3 is 2.35 bits per heavy atom. The van der Waals surface area contributed by atoms with Crippen molar-refractivity contribution in [1.29, 1.82) is 0 Å². The lowest BCUT2D eigenvalue weighted by atomic mass is 9.70. The number of phenolic OH excluding ortho intramolecular Hbond substituents is 1. The topological polar surface area (TPSA) is 40.5 Å². The maximum Gasteiger partial charge on any atom is 0.115 e. The Balaban J connectivity index is 2.27. The Kier molecular flexibility index (Phi) is 2.97. The maximum absolute atomic E-state index is 9.60. The van der Waals surface area contributed by atoms with E-state index in [1.807, 2.05) is 18.2 Å². The fourth-order valence-electron chi connectivity index (χ4n) is 2.26. The minimum Gasteiger partial charge on any atom is -0.512 e. The fraction of sp³-hybridized carbons (Fsp3) is 0.333. The van der Waals surface area contributed by atoms with Crippen molar-refractivity contribution < 1.29 is 10.2 Å². The number of aliphatic hydroxyl groups is 1. The van der Waals surface area contributed by atoms with Crippen LogP contribution in [0, 0.1) is 5.92 Å². The molecular formula is C15H18O2. The van der Waals surface area contributed by atoms with Crippen LogP contribution >= 0.6 is 0 Å². The van der Waals surface area contributed by atoms with Gasteiger partial charge in [0.25, 0.3) is 0 Å². The molecule has 0 aromatic heterocycles. The van der Waals surface area contributed by atoms with Gasteiger partial charge in [0.15, 0.2) is 0 Å². The quantitative estimate of drug-likeness (QED) is 0.813. The second-order valence-electron chi connectivity index (χ2n) is 5.12. The summed E-state index contributed by atoms with van der Waals surface area (Å²) < 4.78 is 0. The number of aromatic hydroxyl groups is 1. The van der Waals surface area contributed by atoms with Gasteiger partial charge in [-0.25, -0.2) is 0 Å². The molecular weight excluding hydrogens is 212 g/mol. The van der Waals surface area contributed by atoms with Gasteiger partial charge >= 0.3 is 0 Å². The van der Waals surface area contributed by atoms with Gasteiger partial charge < -0.3 is 10.2 Å². The third kappa shape index (κ3) is 2.36. The van der Waals surface area contributed by atoms with Gasteiger partial charge in [0, 0.05) is 6.42 Å².